The summed E-state index contributed by atoms with van der Waals surface area (Å²) in [5.74, 6) is 0.310. The van der Waals surface area contributed by atoms with Gasteiger partial charge < -0.3 is 10.1 Å². The van der Waals surface area contributed by atoms with Gasteiger partial charge in [0, 0.05) is 30.4 Å². The van der Waals surface area contributed by atoms with Crippen molar-refractivity contribution in [3.05, 3.63) is 94.8 Å². The minimum absolute atomic E-state index is 0.239. The number of amides is 1. The summed E-state index contributed by atoms with van der Waals surface area (Å²) in [6.45, 7) is 0.492. The van der Waals surface area contributed by atoms with Crippen LogP contribution in [0.2, 0.25) is 0 Å². The quantitative estimate of drug-likeness (QED) is 0.604. The van der Waals surface area contributed by atoms with Gasteiger partial charge in [0.2, 0.25) is 0 Å². The second kappa shape index (κ2) is 9.76. The minimum atomic E-state index is -4.42. The summed E-state index contributed by atoms with van der Waals surface area (Å²) in [6, 6.07) is 18.0. The number of carbonyl (C=O) groups excluding carboxylic acids is 1. The Morgan fingerprint density at radius 1 is 1.10 bits per heavy atom. The third kappa shape index (κ3) is 6.31. The molecule has 0 aliphatic carbocycles. The summed E-state index contributed by atoms with van der Waals surface area (Å²) in [5, 5.41) is 11.5. The zero-order chi connectivity index (χ0) is 22.3. The first-order valence-electron chi connectivity index (χ1n) is 9.37. The number of pyridine rings is 1. The van der Waals surface area contributed by atoms with Crippen molar-refractivity contribution in [3.63, 3.8) is 0 Å². The highest BCUT2D eigenvalue weighted by molar-refractivity contribution is 5.94. The molecular weight excluding hydrogens is 407 g/mol. The van der Waals surface area contributed by atoms with Crippen molar-refractivity contribution in [3.8, 4) is 11.8 Å². The number of hydrogen-bond acceptors (Lipinski definition) is 4. The van der Waals surface area contributed by atoms with Gasteiger partial charge in [0.1, 0.15) is 12.4 Å². The number of ether oxygens (including phenoxy) is 1. The number of nitriles is 1. The Labute approximate surface area is 177 Å². The molecule has 0 saturated carbocycles. The number of hydrogen-bond donors (Lipinski definition) is 1. The van der Waals surface area contributed by atoms with Crippen LogP contribution in [0.5, 0.6) is 5.75 Å². The molecule has 3 rings (SSSR count). The van der Waals surface area contributed by atoms with Crippen molar-refractivity contribution < 1.29 is 22.7 Å². The Morgan fingerprint density at radius 2 is 1.87 bits per heavy atom. The number of halogens is 3. The third-order valence-corrected chi connectivity index (χ3v) is 4.40. The number of nitrogens with one attached hydrogen (secondary N) is 1. The van der Waals surface area contributed by atoms with Crippen LogP contribution in [0.25, 0.3) is 0 Å². The van der Waals surface area contributed by atoms with Gasteiger partial charge in [-0.25, -0.2) is 0 Å². The van der Waals surface area contributed by atoms with E-state index in [2.05, 4.69) is 10.3 Å². The van der Waals surface area contributed by atoms with Gasteiger partial charge in [-0.15, -0.1) is 0 Å². The first-order chi connectivity index (χ1) is 14.8. The molecule has 0 spiro atoms. The van der Waals surface area contributed by atoms with E-state index in [0.717, 1.165) is 17.8 Å². The van der Waals surface area contributed by atoms with Crippen molar-refractivity contribution in [1.82, 2.24) is 10.3 Å². The van der Waals surface area contributed by atoms with Gasteiger partial charge in [-0.2, -0.15) is 18.4 Å². The lowest BCUT2D eigenvalue weighted by atomic mass is 10.1. The van der Waals surface area contributed by atoms with E-state index in [1.165, 1.54) is 6.07 Å². The molecule has 1 amide bonds. The minimum Gasteiger partial charge on any atom is -0.489 e. The van der Waals surface area contributed by atoms with Gasteiger partial charge in [-0.3, -0.25) is 9.78 Å². The normalized spacial score (nSPS) is 10.9. The standard InChI is InChI=1S/C23H18F3N3O2/c24-23(25,26)19-6-7-20(29-14-19)10-11-28-22(30)18-3-1-2-17(12-18)15-31-21-8-4-16(13-27)5-9-21/h1-9,12,14H,10-11,15H2,(H,28,30). The molecular formula is C23H18F3N3O2. The number of benzene rings is 2. The molecule has 0 atom stereocenters. The van der Waals surface area contributed by atoms with Crippen LogP contribution >= 0.6 is 0 Å². The summed E-state index contributed by atoms with van der Waals surface area (Å²) in [4.78, 5) is 16.2. The fraction of sp³-hybridized carbons (Fsp3) is 0.174. The molecule has 8 heteroatoms. The zero-order valence-electron chi connectivity index (χ0n) is 16.3. The van der Waals surface area contributed by atoms with Crippen LogP contribution in [0.15, 0.2) is 66.9 Å². The van der Waals surface area contributed by atoms with E-state index in [9.17, 15) is 18.0 Å². The first kappa shape index (κ1) is 21.8. The fourth-order valence-corrected chi connectivity index (χ4v) is 2.74. The third-order valence-electron chi connectivity index (χ3n) is 4.40. The second-order valence-corrected chi connectivity index (χ2v) is 6.67. The van der Waals surface area contributed by atoms with Crippen molar-refractivity contribution in [1.29, 1.82) is 5.26 Å². The van der Waals surface area contributed by atoms with Gasteiger partial charge in [-0.1, -0.05) is 12.1 Å². The maximum Gasteiger partial charge on any atom is 0.417 e. The Bertz CT molecular complexity index is 1070. The number of carbonyl (C=O) groups is 1. The van der Waals surface area contributed by atoms with Crippen LogP contribution in [-0.2, 0) is 19.2 Å². The second-order valence-electron chi connectivity index (χ2n) is 6.67. The lowest BCUT2D eigenvalue weighted by Crippen LogP contribution is -2.26. The Kier molecular flexibility index (Phi) is 6.88. The number of alkyl halides is 3. The summed E-state index contributed by atoms with van der Waals surface area (Å²) in [5.41, 5.74) is 1.43. The predicted molar refractivity (Wildman–Crippen MR) is 107 cm³/mol. The maximum atomic E-state index is 12.6. The lowest BCUT2D eigenvalue weighted by Gasteiger charge is -2.09. The van der Waals surface area contributed by atoms with Gasteiger partial charge in [0.25, 0.3) is 5.91 Å². The summed E-state index contributed by atoms with van der Waals surface area (Å²) >= 11 is 0. The molecule has 0 bridgehead atoms. The molecule has 5 nitrogen and oxygen atoms in total. The van der Waals surface area contributed by atoms with Crippen molar-refractivity contribution >= 4 is 5.91 Å². The molecule has 158 valence electrons. The van der Waals surface area contributed by atoms with Gasteiger partial charge in [0.05, 0.1) is 17.2 Å². The molecule has 1 heterocycles. The van der Waals surface area contributed by atoms with Crippen LogP contribution in [0, 0.1) is 11.3 Å². The molecule has 0 aliphatic heterocycles. The molecule has 1 N–H and O–H groups in total. The molecule has 0 aliphatic rings. The SMILES string of the molecule is N#Cc1ccc(OCc2cccc(C(=O)NCCc3ccc(C(F)(F)F)cn3)c2)cc1. The Balaban J connectivity index is 1.50. The fourth-order valence-electron chi connectivity index (χ4n) is 2.74. The highest BCUT2D eigenvalue weighted by Gasteiger charge is 2.30. The molecule has 0 unspecified atom stereocenters. The van der Waals surface area contributed by atoms with E-state index >= 15 is 0 Å². The number of rotatable bonds is 7. The van der Waals surface area contributed by atoms with E-state index in [4.69, 9.17) is 10.00 Å². The zero-order valence-corrected chi connectivity index (χ0v) is 16.3. The van der Waals surface area contributed by atoms with Crippen LogP contribution < -0.4 is 10.1 Å². The lowest BCUT2D eigenvalue weighted by molar-refractivity contribution is -0.137. The van der Waals surface area contributed by atoms with Gasteiger partial charge >= 0.3 is 6.18 Å². The van der Waals surface area contributed by atoms with Crippen molar-refractivity contribution in [2.45, 2.75) is 19.2 Å². The molecule has 31 heavy (non-hydrogen) atoms. The molecule has 2 aromatic carbocycles. The average Bonchev–Trinajstić information content (AvgIpc) is 2.78. The molecule has 0 saturated heterocycles. The molecule has 1 aromatic heterocycles. The van der Waals surface area contributed by atoms with E-state index in [-0.39, 0.29) is 19.1 Å². The highest BCUT2D eigenvalue weighted by atomic mass is 19.4. The van der Waals surface area contributed by atoms with E-state index in [0.29, 0.717) is 29.0 Å². The van der Waals surface area contributed by atoms with Gasteiger partial charge in [0.15, 0.2) is 0 Å². The van der Waals surface area contributed by atoms with Gasteiger partial charge in [-0.05, 0) is 54.1 Å². The Morgan fingerprint density at radius 3 is 2.52 bits per heavy atom. The first-order valence-corrected chi connectivity index (χ1v) is 9.37. The summed E-state index contributed by atoms with van der Waals surface area (Å²) in [6.07, 6.45) is -3.32. The van der Waals surface area contributed by atoms with Crippen molar-refractivity contribution in [2.75, 3.05) is 6.54 Å². The van der Waals surface area contributed by atoms with Crippen LogP contribution in [0.4, 0.5) is 13.2 Å². The Hall–Kier alpha value is -3.86. The van der Waals surface area contributed by atoms with Crippen LogP contribution in [0.3, 0.4) is 0 Å². The average molecular weight is 425 g/mol. The largest absolute Gasteiger partial charge is 0.489 e. The van der Waals surface area contributed by atoms with E-state index in [1.807, 2.05) is 12.1 Å². The number of aromatic nitrogens is 1. The van der Waals surface area contributed by atoms with E-state index in [1.54, 1.807) is 42.5 Å². The summed E-state index contributed by atoms with van der Waals surface area (Å²) < 4.78 is 43.4. The maximum absolute atomic E-state index is 12.6. The van der Waals surface area contributed by atoms with Crippen LogP contribution in [-0.4, -0.2) is 17.4 Å². The predicted octanol–water partition coefficient (Wildman–Crippen LogP) is 4.52. The smallest absolute Gasteiger partial charge is 0.417 e. The van der Waals surface area contributed by atoms with E-state index < -0.39 is 11.7 Å². The van der Waals surface area contributed by atoms with Crippen molar-refractivity contribution in [2.24, 2.45) is 0 Å². The monoisotopic (exact) mass is 425 g/mol. The topological polar surface area (TPSA) is 75.0 Å². The number of nitrogens with zero attached hydrogens (tertiary/aromatic N) is 2. The van der Waals surface area contributed by atoms with Crippen LogP contribution in [0.1, 0.15) is 32.7 Å². The highest BCUT2D eigenvalue weighted by Crippen LogP contribution is 2.28. The summed E-state index contributed by atoms with van der Waals surface area (Å²) in [7, 11) is 0. The molecule has 0 radical (unpaired) electrons. The molecule has 3 aromatic rings. The molecule has 0 fully saturated rings.